The quantitative estimate of drug-likeness (QED) is 0.0352. The van der Waals surface area contributed by atoms with Crippen LogP contribution in [0.4, 0.5) is 0 Å². The Morgan fingerprint density at radius 1 is 0.352 bits per heavy atom. The van der Waals surface area contributed by atoms with Gasteiger partial charge in [-0.3, -0.25) is 47.9 Å². The van der Waals surface area contributed by atoms with Crippen LogP contribution in [0.1, 0.15) is 144 Å². The summed E-state index contributed by atoms with van der Waals surface area (Å²) in [5.41, 5.74) is -4.27. The summed E-state index contributed by atoms with van der Waals surface area (Å²) < 4.78 is 67.3. The van der Waals surface area contributed by atoms with Crippen LogP contribution in [0, 0.1) is 0 Å². The lowest BCUT2D eigenvalue weighted by Gasteiger charge is -2.34. The number of ether oxygens (including phenoxy) is 12. The van der Waals surface area contributed by atoms with Crippen LogP contribution in [0.2, 0.25) is 0 Å². The first kappa shape index (κ1) is 77.0. The molecule has 2 aromatic rings. The van der Waals surface area contributed by atoms with Crippen LogP contribution >= 0.6 is 0 Å². The second kappa shape index (κ2) is 41.2. The standard InChI is InChI=1S/C62H92N2O24/c1-58(2,3)86-55(74)28-34-80-43-62(44-81-35-29-56(75)87-59(4,5)6,64-49(66)22-16-24-53(72)84-38-47-19-13-10-14-20-47)45-82-36-30-57(76)88-60(7,8)39-85-54(73)27-33-79-42-61(40-77-31-25-50(67)68,41-78-32-26-51(69)70)63-48(65)21-15-23-52(71)83-37-46-17-11-9-12-18-46/h9-14,17-20H,15-16,21-45H2,1-8H3,(H,63,65)(H,64,66)(H,67,68)(H,69,70). The summed E-state index contributed by atoms with van der Waals surface area (Å²) in [5, 5.41) is 24.0. The molecule has 0 aliphatic heterocycles. The van der Waals surface area contributed by atoms with Crippen LogP contribution in [0.25, 0.3) is 0 Å². The monoisotopic (exact) mass is 1250 g/mol. The molecule has 26 heteroatoms. The van der Waals surface area contributed by atoms with Gasteiger partial charge in [0.25, 0.3) is 0 Å². The Bertz CT molecular complexity index is 2400. The molecule has 0 radical (unpaired) electrons. The predicted molar refractivity (Wildman–Crippen MR) is 313 cm³/mol. The van der Waals surface area contributed by atoms with Crippen LogP contribution in [0.5, 0.6) is 0 Å². The van der Waals surface area contributed by atoms with Gasteiger partial charge in [-0.05, 0) is 79.4 Å². The Morgan fingerprint density at radius 2 is 0.648 bits per heavy atom. The van der Waals surface area contributed by atoms with Crippen LogP contribution in [0.15, 0.2) is 60.7 Å². The number of nitrogens with one attached hydrogen (secondary N) is 2. The first-order valence-corrected chi connectivity index (χ1v) is 29.2. The Labute approximate surface area is 514 Å². The number of carbonyl (C=O) groups is 10. The van der Waals surface area contributed by atoms with Crippen molar-refractivity contribution in [1.29, 1.82) is 0 Å². The van der Waals surface area contributed by atoms with E-state index in [1.54, 1.807) is 65.8 Å². The Morgan fingerprint density at radius 3 is 0.966 bits per heavy atom. The van der Waals surface area contributed by atoms with Crippen molar-refractivity contribution in [1.82, 2.24) is 10.6 Å². The third-order valence-electron chi connectivity index (χ3n) is 11.7. The number of hydrogen-bond acceptors (Lipinski definition) is 22. The number of rotatable bonds is 47. The molecule has 0 bridgehead atoms. The summed E-state index contributed by atoms with van der Waals surface area (Å²) in [5.74, 6) is -6.99. The number of benzene rings is 2. The molecular formula is C62H92N2O24. The first-order valence-electron chi connectivity index (χ1n) is 29.2. The predicted octanol–water partition coefficient (Wildman–Crippen LogP) is 5.68. The van der Waals surface area contributed by atoms with Gasteiger partial charge in [-0.25, -0.2) is 0 Å². The van der Waals surface area contributed by atoms with Crippen molar-refractivity contribution in [3.8, 4) is 0 Å². The molecule has 2 amide bonds. The lowest BCUT2D eigenvalue weighted by atomic mass is 10.0. The van der Waals surface area contributed by atoms with Gasteiger partial charge in [-0.2, -0.15) is 0 Å². The van der Waals surface area contributed by atoms with Crippen molar-refractivity contribution < 1.29 is 115 Å². The summed E-state index contributed by atoms with van der Waals surface area (Å²) >= 11 is 0. The molecule has 2 aromatic carbocycles. The first-order chi connectivity index (χ1) is 41.5. The van der Waals surface area contributed by atoms with Crippen LogP contribution in [0.3, 0.4) is 0 Å². The average molecular weight is 1250 g/mol. The zero-order valence-electron chi connectivity index (χ0n) is 52.2. The number of aliphatic carboxylic acids is 2. The van der Waals surface area contributed by atoms with Crippen molar-refractivity contribution in [3.05, 3.63) is 71.8 Å². The Balaban J connectivity index is 2.09. The molecule has 0 saturated carbocycles. The molecule has 2 rings (SSSR count). The molecule has 4 N–H and O–H groups in total. The van der Waals surface area contributed by atoms with Crippen molar-refractivity contribution in [2.75, 3.05) is 85.9 Å². The Hall–Kier alpha value is -7.10. The van der Waals surface area contributed by atoms with E-state index in [0.29, 0.717) is 0 Å². The smallest absolute Gasteiger partial charge is 0.308 e. The maximum atomic E-state index is 13.6. The van der Waals surface area contributed by atoms with Gasteiger partial charge < -0.3 is 77.7 Å². The van der Waals surface area contributed by atoms with Gasteiger partial charge in [0.05, 0.1) is 118 Å². The summed E-state index contributed by atoms with van der Waals surface area (Å²) in [6.45, 7) is 9.80. The molecule has 0 unspecified atom stereocenters. The highest BCUT2D eigenvalue weighted by Crippen LogP contribution is 2.18. The number of carboxylic acid groups (broad SMARTS) is 2. The fourth-order valence-electron chi connectivity index (χ4n) is 7.64. The van der Waals surface area contributed by atoms with E-state index in [-0.39, 0.29) is 170 Å². The summed E-state index contributed by atoms with van der Waals surface area (Å²) in [6, 6.07) is 18.1. The number of esters is 6. The second-order valence-electron chi connectivity index (χ2n) is 23.3. The highest BCUT2D eigenvalue weighted by atomic mass is 16.6. The minimum Gasteiger partial charge on any atom is -0.481 e. The van der Waals surface area contributed by atoms with Gasteiger partial charge in [0.1, 0.15) is 47.7 Å². The van der Waals surface area contributed by atoms with Crippen LogP contribution < -0.4 is 10.6 Å². The van der Waals surface area contributed by atoms with Gasteiger partial charge in [-0.1, -0.05) is 60.7 Å². The van der Waals surface area contributed by atoms with Crippen LogP contribution in [-0.2, 0) is 118 Å². The highest BCUT2D eigenvalue weighted by Gasteiger charge is 2.36. The molecule has 0 heterocycles. The topological polar surface area (TPSA) is 346 Å². The summed E-state index contributed by atoms with van der Waals surface area (Å²) in [6.07, 6.45) is -1.90. The van der Waals surface area contributed by atoms with Gasteiger partial charge in [0, 0.05) is 25.7 Å². The zero-order chi connectivity index (χ0) is 65.5. The average Bonchev–Trinajstić information content (AvgIpc) is 1.93. The van der Waals surface area contributed by atoms with Gasteiger partial charge in [-0.15, -0.1) is 0 Å². The molecule has 0 spiro atoms. The molecule has 0 aromatic heterocycles. The van der Waals surface area contributed by atoms with Gasteiger partial charge in [0.15, 0.2) is 0 Å². The molecule has 0 atom stereocenters. The minimum absolute atomic E-state index is 0.0549. The maximum Gasteiger partial charge on any atom is 0.308 e. The number of amides is 2. The van der Waals surface area contributed by atoms with Gasteiger partial charge >= 0.3 is 47.8 Å². The number of carboxylic acids is 2. The third kappa shape index (κ3) is 39.6. The van der Waals surface area contributed by atoms with E-state index in [0.717, 1.165) is 11.1 Å². The molecule has 0 aliphatic carbocycles. The van der Waals surface area contributed by atoms with E-state index < -0.39 is 94.1 Å². The van der Waals surface area contributed by atoms with Crippen molar-refractivity contribution >= 4 is 59.6 Å². The summed E-state index contributed by atoms with van der Waals surface area (Å²) in [4.78, 5) is 126. The molecular weight excluding hydrogens is 1160 g/mol. The van der Waals surface area contributed by atoms with E-state index in [1.165, 1.54) is 13.8 Å². The van der Waals surface area contributed by atoms with Crippen molar-refractivity contribution in [2.24, 2.45) is 0 Å². The van der Waals surface area contributed by atoms with Crippen LogP contribution in [-0.4, -0.2) is 184 Å². The molecule has 0 fully saturated rings. The Kier molecular flexibility index (Phi) is 36.0. The van der Waals surface area contributed by atoms with E-state index in [9.17, 15) is 58.2 Å². The summed E-state index contributed by atoms with van der Waals surface area (Å²) in [7, 11) is 0. The second-order valence-corrected chi connectivity index (χ2v) is 23.3. The van der Waals surface area contributed by atoms with Crippen molar-refractivity contribution in [3.63, 3.8) is 0 Å². The molecule has 26 nitrogen and oxygen atoms in total. The fourth-order valence-corrected chi connectivity index (χ4v) is 7.64. The van der Waals surface area contributed by atoms with E-state index in [2.05, 4.69) is 10.6 Å². The third-order valence-corrected chi connectivity index (χ3v) is 11.7. The maximum absolute atomic E-state index is 13.6. The number of carbonyl (C=O) groups excluding carboxylic acids is 8. The molecule has 0 saturated heterocycles. The number of hydrogen-bond donors (Lipinski definition) is 4. The lowest BCUT2D eigenvalue weighted by Crippen LogP contribution is -2.58. The molecule has 0 aliphatic rings. The van der Waals surface area contributed by atoms with Crippen molar-refractivity contribution in [2.45, 2.75) is 174 Å². The largest absolute Gasteiger partial charge is 0.481 e. The molecule has 88 heavy (non-hydrogen) atoms. The molecule has 494 valence electrons. The minimum atomic E-state index is -1.52. The van der Waals surface area contributed by atoms with E-state index in [4.69, 9.17) is 56.8 Å². The SMILES string of the molecule is CC(C)(C)OC(=O)CCOCC(COCCC(=O)OC(C)(C)C)(COCCC(=O)OC(C)(C)COC(=O)CCOCC(COCCC(=O)O)(COCCC(=O)O)NC(=O)CCCC(=O)OCc1ccccc1)NC(=O)CCCC(=O)OCc1ccccc1. The lowest BCUT2D eigenvalue weighted by molar-refractivity contribution is -0.170. The fraction of sp³-hybridized carbons (Fsp3) is 0.645. The zero-order valence-corrected chi connectivity index (χ0v) is 52.2. The van der Waals surface area contributed by atoms with Gasteiger partial charge in [0.2, 0.25) is 11.8 Å². The van der Waals surface area contributed by atoms with E-state index in [1.807, 2.05) is 36.4 Å². The highest BCUT2D eigenvalue weighted by molar-refractivity contribution is 5.79. The van der Waals surface area contributed by atoms with E-state index >= 15 is 0 Å². The normalized spacial score (nSPS) is 11.9.